The SMILES string of the molecule is CC(C)C1CCCN(CC2CCC3CCCCC3N2)CC1. The summed E-state index contributed by atoms with van der Waals surface area (Å²) in [4.78, 5) is 2.77. The lowest BCUT2D eigenvalue weighted by atomic mass is 9.77. The Morgan fingerprint density at radius 1 is 0.905 bits per heavy atom. The lowest BCUT2D eigenvalue weighted by Gasteiger charge is -2.42. The summed E-state index contributed by atoms with van der Waals surface area (Å²) in [7, 11) is 0. The highest BCUT2D eigenvalue weighted by molar-refractivity contribution is 4.90. The first-order chi connectivity index (χ1) is 10.2. The summed E-state index contributed by atoms with van der Waals surface area (Å²) in [5, 5.41) is 4.02. The number of fused-ring (bicyclic) bond motifs is 1. The Bertz CT molecular complexity index is 315. The summed E-state index contributed by atoms with van der Waals surface area (Å²) in [6.45, 7) is 8.82. The van der Waals surface area contributed by atoms with E-state index in [4.69, 9.17) is 0 Å². The minimum Gasteiger partial charge on any atom is -0.310 e. The van der Waals surface area contributed by atoms with Crippen LogP contribution in [0.2, 0.25) is 0 Å². The molecule has 0 radical (unpaired) electrons. The van der Waals surface area contributed by atoms with E-state index in [0.29, 0.717) is 0 Å². The van der Waals surface area contributed by atoms with Gasteiger partial charge in [-0.05, 0) is 75.8 Å². The van der Waals surface area contributed by atoms with Gasteiger partial charge >= 0.3 is 0 Å². The molecular weight excluding hydrogens is 256 g/mol. The van der Waals surface area contributed by atoms with Crippen molar-refractivity contribution >= 4 is 0 Å². The van der Waals surface area contributed by atoms with Gasteiger partial charge in [-0.1, -0.05) is 26.7 Å². The predicted molar refractivity (Wildman–Crippen MR) is 90.5 cm³/mol. The Kier molecular flexibility index (Phi) is 5.61. The van der Waals surface area contributed by atoms with Crippen LogP contribution in [0.3, 0.4) is 0 Å². The average molecular weight is 293 g/mol. The second-order valence-corrected chi connectivity index (χ2v) is 8.33. The third-order valence-electron chi connectivity index (χ3n) is 6.53. The number of nitrogens with one attached hydrogen (secondary N) is 1. The highest BCUT2D eigenvalue weighted by atomic mass is 15.2. The maximum Gasteiger partial charge on any atom is 0.0197 e. The molecule has 0 bridgehead atoms. The first-order valence-electron chi connectivity index (χ1n) is 9.71. The molecule has 122 valence electrons. The molecule has 0 spiro atoms. The summed E-state index contributed by atoms with van der Waals surface area (Å²) in [5.41, 5.74) is 0. The topological polar surface area (TPSA) is 15.3 Å². The lowest BCUT2D eigenvalue weighted by Crippen LogP contribution is -2.53. The lowest BCUT2D eigenvalue weighted by molar-refractivity contribution is 0.144. The van der Waals surface area contributed by atoms with Gasteiger partial charge in [-0.15, -0.1) is 0 Å². The van der Waals surface area contributed by atoms with E-state index in [1.165, 1.54) is 77.4 Å². The number of nitrogens with zero attached hydrogens (tertiary/aromatic N) is 1. The first kappa shape index (κ1) is 15.8. The summed E-state index contributed by atoms with van der Waals surface area (Å²) in [5.74, 6) is 2.85. The molecule has 3 aliphatic rings. The normalized spacial score (nSPS) is 39.0. The Labute approximate surface area is 132 Å². The maximum atomic E-state index is 4.02. The number of likely N-dealkylation sites (tertiary alicyclic amines) is 1. The molecule has 1 saturated carbocycles. The summed E-state index contributed by atoms with van der Waals surface area (Å²) < 4.78 is 0. The van der Waals surface area contributed by atoms with Gasteiger partial charge in [0.2, 0.25) is 0 Å². The van der Waals surface area contributed by atoms with E-state index in [1.807, 2.05) is 0 Å². The largest absolute Gasteiger partial charge is 0.310 e. The molecule has 4 atom stereocenters. The molecule has 0 aromatic heterocycles. The van der Waals surface area contributed by atoms with Crippen molar-refractivity contribution in [3.05, 3.63) is 0 Å². The molecule has 1 aliphatic carbocycles. The van der Waals surface area contributed by atoms with Crippen LogP contribution in [-0.2, 0) is 0 Å². The molecule has 0 amide bonds. The smallest absolute Gasteiger partial charge is 0.0197 e. The van der Waals surface area contributed by atoms with Gasteiger partial charge in [-0.3, -0.25) is 0 Å². The van der Waals surface area contributed by atoms with Crippen molar-refractivity contribution in [1.82, 2.24) is 10.2 Å². The van der Waals surface area contributed by atoms with Gasteiger partial charge in [0.05, 0.1) is 0 Å². The Morgan fingerprint density at radius 2 is 1.76 bits per heavy atom. The molecule has 2 heteroatoms. The number of rotatable bonds is 3. The summed E-state index contributed by atoms with van der Waals surface area (Å²) >= 11 is 0. The fraction of sp³-hybridized carbons (Fsp3) is 1.00. The highest BCUT2D eigenvalue weighted by Gasteiger charge is 2.32. The number of hydrogen-bond acceptors (Lipinski definition) is 2. The van der Waals surface area contributed by atoms with E-state index >= 15 is 0 Å². The molecule has 3 rings (SSSR count). The molecule has 1 N–H and O–H groups in total. The second kappa shape index (κ2) is 7.46. The van der Waals surface area contributed by atoms with E-state index in [2.05, 4.69) is 24.1 Å². The molecule has 2 saturated heterocycles. The van der Waals surface area contributed by atoms with E-state index in [0.717, 1.165) is 29.8 Å². The third-order valence-corrected chi connectivity index (χ3v) is 6.53. The van der Waals surface area contributed by atoms with E-state index in [1.54, 1.807) is 0 Å². The molecule has 0 aromatic carbocycles. The minimum absolute atomic E-state index is 0.778. The van der Waals surface area contributed by atoms with Crippen molar-refractivity contribution in [2.45, 2.75) is 83.7 Å². The van der Waals surface area contributed by atoms with Gasteiger partial charge in [-0.25, -0.2) is 0 Å². The zero-order valence-corrected chi connectivity index (χ0v) is 14.3. The number of hydrogen-bond donors (Lipinski definition) is 1. The zero-order valence-electron chi connectivity index (χ0n) is 14.3. The van der Waals surface area contributed by atoms with Crippen molar-refractivity contribution < 1.29 is 0 Å². The van der Waals surface area contributed by atoms with Crippen molar-refractivity contribution in [1.29, 1.82) is 0 Å². The van der Waals surface area contributed by atoms with E-state index in [9.17, 15) is 0 Å². The maximum absolute atomic E-state index is 4.02. The predicted octanol–water partition coefficient (Wildman–Crippen LogP) is 4.06. The molecule has 2 nitrogen and oxygen atoms in total. The van der Waals surface area contributed by atoms with Gasteiger partial charge in [0, 0.05) is 18.6 Å². The monoisotopic (exact) mass is 292 g/mol. The molecule has 2 heterocycles. The van der Waals surface area contributed by atoms with Crippen LogP contribution in [0.5, 0.6) is 0 Å². The Morgan fingerprint density at radius 3 is 2.62 bits per heavy atom. The van der Waals surface area contributed by atoms with Crippen molar-refractivity contribution in [2.24, 2.45) is 17.8 Å². The fourth-order valence-corrected chi connectivity index (χ4v) is 5.06. The van der Waals surface area contributed by atoms with Gasteiger partial charge in [0.15, 0.2) is 0 Å². The first-order valence-corrected chi connectivity index (χ1v) is 9.71. The van der Waals surface area contributed by atoms with Crippen molar-refractivity contribution in [2.75, 3.05) is 19.6 Å². The minimum atomic E-state index is 0.778. The van der Waals surface area contributed by atoms with E-state index < -0.39 is 0 Å². The number of piperidine rings is 1. The molecule has 0 aromatic rings. The van der Waals surface area contributed by atoms with Crippen molar-refractivity contribution in [3.8, 4) is 0 Å². The molecule has 3 fully saturated rings. The zero-order chi connectivity index (χ0) is 14.7. The van der Waals surface area contributed by atoms with Crippen molar-refractivity contribution in [3.63, 3.8) is 0 Å². The Balaban J connectivity index is 1.46. The quantitative estimate of drug-likeness (QED) is 0.844. The van der Waals surface area contributed by atoms with Crippen LogP contribution in [0.15, 0.2) is 0 Å². The molecule has 2 aliphatic heterocycles. The van der Waals surface area contributed by atoms with Crippen LogP contribution in [-0.4, -0.2) is 36.6 Å². The summed E-state index contributed by atoms with van der Waals surface area (Å²) in [6, 6.07) is 1.63. The molecular formula is C19H36N2. The summed E-state index contributed by atoms with van der Waals surface area (Å²) in [6.07, 6.45) is 13.1. The highest BCUT2D eigenvalue weighted by Crippen LogP contribution is 2.32. The fourth-order valence-electron chi connectivity index (χ4n) is 5.06. The molecule has 21 heavy (non-hydrogen) atoms. The van der Waals surface area contributed by atoms with E-state index in [-0.39, 0.29) is 0 Å². The van der Waals surface area contributed by atoms with Crippen LogP contribution < -0.4 is 5.32 Å². The van der Waals surface area contributed by atoms with Crippen LogP contribution >= 0.6 is 0 Å². The van der Waals surface area contributed by atoms with Crippen LogP contribution in [0.25, 0.3) is 0 Å². The second-order valence-electron chi connectivity index (χ2n) is 8.33. The van der Waals surface area contributed by atoms with Gasteiger partial charge in [0.1, 0.15) is 0 Å². The van der Waals surface area contributed by atoms with Gasteiger partial charge in [-0.2, -0.15) is 0 Å². The van der Waals surface area contributed by atoms with Crippen LogP contribution in [0.1, 0.15) is 71.6 Å². The molecule has 4 unspecified atom stereocenters. The van der Waals surface area contributed by atoms with Gasteiger partial charge < -0.3 is 10.2 Å². The van der Waals surface area contributed by atoms with Gasteiger partial charge in [0.25, 0.3) is 0 Å². The standard InChI is InChI=1S/C19H36N2/c1-15(2)16-7-5-12-21(13-11-16)14-18-10-9-17-6-3-4-8-19(17)20-18/h15-20H,3-14H2,1-2H3. The van der Waals surface area contributed by atoms with Crippen LogP contribution in [0.4, 0.5) is 0 Å². The Hall–Kier alpha value is -0.0800. The average Bonchev–Trinajstić information content (AvgIpc) is 2.73. The van der Waals surface area contributed by atoms with Crippen LogP contribution in [0, 0.1) is 17.8 Å². The third kappa shape index (κ3) is 4.22.